The zero-order valence-electron chi connectivity index (χ0n) is 10.8. The van der Waals surface area contributed by atoms with Crippen LogP contribution in [0.1, 0.15) is 5.56 Å². The molecule has 0 unspecified atom stereocenters. The van der Waals surface area contributed by atoms with Crippen molar-refractivity contribution >= 4 is 39.1 Å². The number of halogens is 1. The van der Waals surface area contributed by atoms with Crippen molar-refractivity contribution in [3.05, 3.63) is 46.8 Å². The molecule has 2 N–H and O–H groups in total. The smallest absolute Gasteiger partial charge is 0.172 e. The zero-order valence-corrected chi connectivity index (χ0v) is 13.2. The third-order valence-electron chi connectivity index (χ3n) is 2.47. The Kier molecular flexibility index (Phi) is 5.25. The van der Waals surface area contributed by atoms with Gasteiger partial charge in [-0.3, -0.25) is 0 Å². The number of hydrogen-bond donors (Lipinski definition) is 2. The van der Waals surface area contributed by atoms with Crippen molar-refractivity contribution in [1.82, 2.24) is 15.3 Å². The van der Waals surface area contributed by atoms with Gasteiger partial charge in [0.25, 0.3) is 0 Å². The first-order valence-corrected chi connectivity index (χ1v) is 7.03. The van der Waals surface area contributed by atoms with Gasteiger partial charge < -0.3 is 15.4 Å². The number of benzene rings is 1. The Labute approximate surface area is 130 Å². The summed E-state index contributed by atoms with van der Waals surface area (Å²) < 4.78 is 5.79. The summed E-state index contributed by atoms with van der Waals surface area (Å²) in [5.74, 6) is 1.43. The van der Waals surface area contributed by atoms with Crippen LogP contribution in [0.2, 0.25) is 0 Å². The molecule has 0 amide bonds. The monoisotopic (exact) mass is 352 g/mol. The fraction of sp³-hybridized carbons (Fsp3) is 0.154. The molecule has 1 heterocycles. The molecule has 0 aliphatic carbocycles. The number of hydrogen-bond acceptors (Lipinski definition) is 4. The maximum absolute atomic E-state index is 5.19. The standard InChI is InChI=1S/C13H13BrN4OS/c1-19-10-4-2-9(3-5-10)6-17-13(20)18-12-8-15-11(14)7-16-12/h2-5,7-8H,6H2,1H3,(H2,16,17,18,20). The Balaban J connectivity index is 1.83. The van der Waals surface area contributed by atoms with Crippen LogP contribution in [0.5, 0.6) is 5.75 Å². The van der Waals surface area contributed by atoms with Gasteiger partial charge in [-0.1, -0.05) is 12.1 Å². The molecule has 2 rings (SSSR count). The molecule has 0 radical (unpaired) electrons. The summed E-state index contributed by atoms with van der Waals surface area (Å²) in [6.07, 6.45) is 3.21. The predicted molar refractivity (Wildman–Crippen MR) is 85.8 cm³/mol. The van der Waals surface area contributed by atoms with Crippen molar-refractivity contribution in [3.63, 3.8) is 0 Å². The van der Waals surface area contributed by atoms with Crippen LogP contribution in [0, 0.1) is 0 Å². The highest BCUT2D eigenvalue weighted by molar-refractivity contribution is 9.10. The molecule has 0 atom stereocenters. The summed E-state index contributed by atoms with van der Waals surface area (Å²) in [6.45, 7) is 0.625. The second-order valence-corrected chi connectivity index (χ2v) is 5.10. The van der Waals surface area contributed by atoms with Crippen LogP contribution in [0.15, 0.2) is 41.3 Å². The van der Waals surface area contributed by atoms with Gasteiger partial charge in [0.05, 0.1) is 19.5 Å². The Morgan fingerprint density at radius 3 is 2.60 bits per heavy atom. The molecule has 20 heavy (non-hydrogen) atoms. The number of nitrogens with zero attached hydrogens (tertiary/aromatic N) is 2. The van der Waals surface area contributed by atoms with Crippen molar-refractivity contribution in [2.24, 2.45) is 0 Å². The molecule has 0 aliphatic heterocycles. The molecule has 5 nitrogen and oxygen atoms in total. The van der Waals surface area contributed by atoms with Gasteiger partial charge in [0, 0.05) is 6.54 Å². The minimum Gasteiger partial charge on any atom is -0.497 e. The van der Waals surface area contributed by atoms with Gasteiger partial charge in [0.15, 0.2) is 10.9 Å². The first-order valence-electron chi connectivity index (χ1n) is 5.82. The van der Waals surface area contributed by atoms with E-state index in [0.717, 1.165) is 11.3 Å². The van der Waals surface area contributed by atoms with E-state index in [-0.39, 0.29) is 0 Å². The number of rotatable bonds is 4. The number of anilines is 1. The molecular weight excluding hydrogens is 340 g/mol. The van der Waals surface area contributed by atoms with E-state index in [0.29, 0.717) is 22.1 Å². The summed E-state index contributed by atoms with van der Waals surface area (Å²) in [6, 6.07) is 7.78. The van der Waals surface area contributed by atoms with Crippen molar-refractivity contribution < 1.29 is 4.74 Å². The van der Waals surface area contributed by atoms with Crippen LogP contribution in [-0.4, -0.2) is 22.2 Å². The first-order chi connectivity index (χ1) is 9.67. The quantitative estimate of drug-likeness (QED) is 0.825. The lowest BCUT2D eigenvalue weighted by Gasteiger charge is -2.10. The van der Waals surface area contributed by atoms with Gasteiger partial charge in [-0.25, -0.2) is 9.97 Å². The summed E-state index contributed by atoms with van der Waals surface area (Å²) in [7, 11) is 1.64. The summed E-state index contributed by atoms with van der Waals surface area (Å²) >= 11 is 8.41. The van der Waals surface area contributed by atoms with Crippen LogP contribution in [0.3, 0.4) is 0 Å². The summed E-state index contributed by atoms with van der Waals surface area (Å²) in [4.78, 5) is 8.19. The molecule has 1 aromatic carbocycles. The van der Waals surface area contributed by atoms with E-state index in [1.165, 1.54) is 0 Å². The van der Waals surface area contributed by atoms with E-state index in [2.05, 4.69) is 36.5 Å². The number of aromatic nitrogens is 2. The predicted octanol–water partition coefficient (Wildman–Crippen LogP) is 2.73. The fourth-order valence-corrected chi connectivity index (χ4v) is 1.84. The third kappa shape index (κ3) is 4.43. The van der Waals surface area contributed by atoms with Gasteiger partial charge in [-0.15, -0.1) is 0 Å². The van der Waals surface area contributed by atoms with Crippen LogP contribution < -0.4 is 15.4 Å². The number of nitrogens with one attached hydrogen (secondary N) is 2. The molecule has 2 aromatic rings. The van der Waals surface area contributed by atoms with Gasteiger partial charge in [0.1, 0.15) is 10.4 Å². The van der Waals surface area contributed by atoms with Crippen molar-refractivity contribution in [3.8, 4) is 5.75 Å². The molecular formula is C13H13BrN4OS. The van der Waals surface area contributed by atoms with Crippen molar-refractivity contribution in [2.45, 2.75) is 6.54 Å². The highest BCUT2D eigenvalue weighted by atomic mass is 79.9. The Morgan fingerprint density at radius 2 is 2.00 bits per heavy atom. The molecule has 7 heteroatoms. The first kappa shape index (κ1) is 14.7. The van der Waals surface area contributed by atoms with E-state index in [1.54, 1.807) is 19.5 Å². The average molecular weight is 353 g/mol. The lowest BCUT2D eigenvalue weighted by atomic mass is 10.2. The molecule has 104 valence electrons. The highest BCUT2D eigenvalue weighted by Gasteiger charge is 2.00. The van der Waals surface area contributed by atoms with E-state index < -0.39 is 0 Å². The minimum atomic E-state index is 0.498. The molecule has 0 aliphatic rings. The van der Waals surface area contributed by atoms with Crippen LogP contribution in [-0.2, 0) is 6.54 Å². The SMILES string of the molecule is COc1ccc(CNC(=S)Nc2cnc(Br)cn2)cc1. The van der Waals surface area contributed by atoms with Gasteiger partial charge >= 0.3 is 0 Å². The lowest BCUT2D eigenvalue weighted by molar-refractivity contribution is 0.414. The van der Waals surface area contributed by atoms with Crippen LogP contribution in [0.4, 0.5) is 5.82 Å². The van der Waals surface area contributed by atoms with Gasteiger partial charge in [0.2, 0.25) is 0 Å². The minimum absolute atomic E-state index is 0.498. The highest BCUT2D eigenvalue weighted by Crippen LogP contribution is 2.11. The van der Waals surface area contributed by atoms with E-state index >= 15 is 0 Å². The Bertz CT molecular complexity index is 574. The summed E-state index contributed by atoms with van der Waals surface area (Å²) in [5.41, 5.74) is 1.11. The fourth-order valence-electron chi connectivity index (χ4n) is 1.46. The Hall–Kier alpha value is -1.73. The molecule has 0 saturated heterocycles. The topological polar surface area (TPSA) is 59.1 Å². The van der Waals surface area contributed by atoms with E-state index in [9.17, 15) is 0 Å². The molecule has 1 aromatic heterocycles. The maximum atomic E-state index is 5.19. The van der Waals surface area contributed by atoms with Crippen molar-refractivity contribution in [1.29, 1.82) is 0 Å². The van der Waals surface area contributed by atoms with Crippen molar-refractivity contribution in [2.75, 3.05) is 12.4 Å². The van der Waals surface area contributed by atoms with Gasteiger partial charge in [-0.2, -0.15) is 0 Å². The van der Waals surface area contributed by atoms with E-state index in [4.69, 9.17) is 17.0 Å². The van der Waals surface area contributed by atoms with Crippen LogP contribution in [0.25, 0.3) is 0 Å². The second kappa shape index (κ2) is 7.16. The zero-order chi connectivity index (χ0) is 14.4. The second-order valence-electron chi connectivity index (χ2n) is 3.88. The molecule has 0 fully saturated rings. The Morgan fingerprint density at radius 1 is 1.25 bits per heavy atom. The van der Waals surface area contributed by atoms with E-state index in [1.807, 2.05) is 24.3 Å². The lowest BCUT2D eigenvalue weighted by Crippen LogP contribution is -2.28. The molecule has 0 spiro atoms. The largest absolute Gasteiger partial charge is 0.497 e. The number of methoxy groups -OCH3 is 1. The average Bonchev–Trinajstić information content (AvgIpc) is 2.48. The molecule has 0 bridgehead atoms. The number of thiocarbonyl (C=S) groups is 1. The summed E-state index contributed by atoms with van der Waals surface area (Å²) in [5, 5.41) is 6.56. The molecule has 0 saturated carbocycles. The normalized spacial score (nSPS) is 9.90. The van der Waals surface area contributed by atoms with Gasteiger partial charge in [-0.05, 0) is 45.8 Å². The number of ether oxygens (including phenoxy) is 1. The maximum Gasteiger partial charge on any atom is 0.172 e. The third-order valence-corrected chi connectivity index (χ3v) is 3.13. The van der Waals surface area contributed by atoms with Crippen LogP contribution >= 0.6 is 28.1 Å².